The fraction of sp³-hybridized carbons (Fsp3) is 0.596. The van der Waals surface area contributed by atoms with Crippen LogP contribution in [0.2, 0.25) is 16.6 Å². The van der Waals surface area contributed by atoms with Crippen molar-refractivity contribution in [1.29, 1.82) is 0 Å². The quantitative estimate of drug-likeness (QED) is 0.0791. The molecule has 0 aromatic heterocycles. The second-order valence-corrected chi connectivity index (χ2v) is 23.8. The van der Waals surface area contributed by atoms with E-state index in [0.717, 1.165) is 19.3 Å². The van der Waals surface area contributed by atoms with Gasteiger partial charge < -0.3 is 39.3 Å². The van der Waals surface area contributed by atoms with Crippen LogP contribution in [-0.4, -0.2) is 105 Å². The lowest BCUT2D eigenvalue weighted by Crippen LogP contribution is -2.54. The summed E-state index contributed by atoms with van der Waals surface area (Å²) in [6, 6.07) is 8.11. The number of ether oxygens (including phenoxy) is 3. The Morgan fingerprint density at radius 1 is 0.937 bits per heavy atom. The topological polar surface area (TPSA) is 185 Å². The van der Waals surface area contributed by atoms with Gasteiger partial charge in [0.05, 0.1) is 31.0 Å². The summed E-state index contributed by atoms with van der Waals surface area (Å²) in [5.41, 5.74) is 2.28. The van der Waals surface area contributed by atoms with Gasteiger partial charge in [-0.2, -0.15) is 0 Å². The molecule has 346 valence electrons. The number of aliphatic hydroxyl groups excluding tert-OH is 1. The SMILES string of the molecule is C=CCOC(=O)N1CCC[C@H]1C(=O)N[C@H](C(=O)Nc1ccc(COC(=O)Nc2cc(O[Si](C(C)C)(C(C)C)C(C)C)c(OC)cc2C(=O)N2CC3(CC3)C[C@H]2CO)cc1)C(C)CC. The van der Waals surface area contributed by atoms with Gasteiger partial charge in [-0.3, -0.25) is 24.6 Å². The molecule has 63 heavy (non-hydrogen) atoms. The van der Waals surface area contributed by atoms with Crippen molar-refractivity contribution in [1.82, 2.24) is 15.1 Å². The number of aliphatic hydroxyl groups is 1. The van der Waals surface area contributed by atoms with Crippen molar-refractivity contribution < 1.29 is 47.7 Å². The highest BCUT2D eigenvalue weighted by atomic mass is 28.4. The van der Waals surface area contributed by atoms with E-state index in [-0.39, 0.29) is 71.0 Å². The lowest BCUT2D eigenvalue weighted by molar-refractivity contribution is -0.130. The van der Waals surface area contributed by atoms with Gasteiger partial charge in [0.2, 0.25) is 11.8 Å². The standard InChI is InChI=1S/C47H69N5O10Si/c1-11-22-60-46(58)51-21-13-14-38(51)42(54)50-41(32(9)12-2)43(55)48-34-17-15-33(16-18-34)27-61-45(57)49-37-24-40(62-63(29(3)4,30(5)6)31(7)8)39(59-10)23-36(37)44(56)52-28-47(19-20-47)25-35(52)26-53/h11,15-18,23-24,29-32,35,38,41,53H,1,12-14,19-22,25-28H2,2-10H3,(H,48,55)(H,49,57)(H,50,54)/t32?,35-,38-,41-/m0/s1. The highest BCUT2D eigenvalue weighted by molar-refractivity contribution is 6.78. The van der Waals surface area contributed by atoms with Crippen LogP contribution in [0.15, 0.2) is 49.1 Å². The van der Waals surface area contributed by atoms with Gasteiger partial charge in [0.15, 0.2) is 5.75 Å². The smallest absolute Gasteiger partial charge is 0.411 e. The predicted octanol–water partition coefficient (Wildman–Crippen LogP) is 8.24. The summed E-state index contributed by atoms with van der Waals surface area (Å²) >= 11 is 0. The third-order valence-electron chi connectivity index (χ3n) is 13.3. The van der Waals surface area contributed by atoms with Crippen LogP contribution in [0, 0.1) is 11.3 Å². The van der Waals surface area contributed by atoms with E-state index < -0.39 is 44.4 Å². The molecule has 5 rings (SSSR count). The van der Waals surface area contributed by atoms with Gasteiger partial charge in [0, 0.05) is 24.8 Å². The molecule has 1 spiro atoms. The number of carbonyl (C=O) groups is 5. The molecule has 4 atom stereocenters. The first-order valence-corrected chi connectivity index (χ1v) is 24.6. The Morgan fingerprint density at radius 2 is 1.60 bits per heavy atom. The monoisotopic (exact) mass is 891 g/mol. The second-order valence-electron chi connectivity index (χ2n) is 18.4. The van der Waals surface area contributed by atoms with Gasteiger partial charge in [-0.25, -0.2) is 9.59 Å². The van der Waals surface area contributed by atoms with Crippen LogP contribution in [0.5, 0.6) is 11.5 Å². The molecule has 2 aromatic rings. The number of likely N-dealkylation sites (tertiary alicyclic amines) is 2. The van der Waals surface area contributed by atoms with Crippen LogP contribution in [0.25, 0.3) is 0 Å². The van der Waals surface area contributed by atoms with Gasteiger partial charge in [0.1, 0.15) is 31.0 Å². The molecule has 2 saturated heterocycles. The first-order chi connectivity index (χ1) is 29.9. The maximum atomic E-state index is 14.4. The number of carbonyl (C=O) groups excluding carboxylic acids is 5. The minimum absolute atomic E-state index is 0.0329. The van der Waals surface area contributed by atoms with Crippen LogP contribution in [0.1, 0.15) is 110 Å². The van der Waals surface area contributed by atoms with Crippen molar-refractivity contribution in [3.8, 4) is 11.5 Å². The highest BCUT2D eigenvalue weighted by Gasteiger charge is 2.53. The zero-order valence-electron chi connectivity index (χ0n) is 38.6. The van der Waals surface area contributed by atoms with Crippen LogP contribution in [0.3, 0.4) is 0 Å². The summed E-state index contributed by atoms with van der Waals surface area (Å²) < 4.78 is 23.7. The number of benzene rings is 2. The molecular weight excluding hydrogens is 823 g/mol. The third-order valence-corrected chi connectivity index (χ3v) is 19.3. The molecule has 0 bridgehead atoms. The Morgan fingerprint density at radius 3 is 2.17 bits per heavy atom. The zero-order valence-corrected chi connectivity index (χ0v) is 39.6. The average Bonchev–Trinajstić information content (AvgIpc) is 3.63. The number of rotatable bonds is 19. The second kappa shape index (κ2) is 21.1. The largest absolute Gasteiger partial charge is 0.540 e. The number of hydrogen-bond acceptors (Lipinski definition) is 10. The molecular formula is C47H69N5O10Si. The van der Waals surface area contributed by atoms with E-state index in [1.54, 1.807) is 41.3 Å². The molecule has 4 N–H and O–H groups in total. The van der Waals surface area contributed by atoms with Crippen molar-refractivity contribution in [2.45, 2.75) is 135 Å². The molecule has 3 aliphatic rings. The Balaban J connectivity index is 1.29. The number of nitrogens with zero attached hydrogens (tertiary/aromatic N) is 2. The Bertz CT molecular complexity index is 1950. The van der Waals surface area contributed by atoms with E-state index in [1.807, 2.05) is 13.8 Å². The van der Waals surface area contributed by atoms with Crippen LogP contribution >= 0.6 is 0 Å². The first-order valence-electron chi connectivity index (χ1n) is 22.4. The summed E-state index contributed by atoms with van der Waals surface area (Å²) in [6.45, 7) is 21.1. The third kappa shape index (κ3) is 11.2. The van der Waals surface area contributed by atoms with Gasteiger partial charge in [-0.05, 0) is 83.8 Å². The molecule has 1 saturated carbocycles. The summed E-state index contributed by atoms with van der Waals surface area (Å²) in [5.74, 6) is -0.548. The van der Waals surface area contributed by atoms with Gasteiger partial charge in [0.25, 0.3) is 14.2 Å². The van der Waals surface area contributed by atoms with Gasteiger partial charge >= 0.3 is 12.2 Å². The Kier molecular flexibility index (Phi) is 16.4. The summed E-state index contributed by atoms with van der Waals surface area (Å²) in [4.78, 5) is 70.6. The Labute approximate surface area is 373 Å². The maximum absolute atomic E-state index is 14.4. The van der Waals surface area contributed by atoms with Crippen molar-refractivity contribution in [2.24, 2.45) is 11.3 Å². The van der Waals surface area contributed by atoms with E-state index >= 15 is 0 Å². The molecule has 3 fully saturated rings. The lowest BCUT2D eigenvalue weighted by Gasteiger charge is -2.42. The number of anilines is 2. The van der Waals surface area contributed by atoms with Crippen LogP contribution in [0.4, 0.5) is 21.0 Å². The molecule has 5 amide bonds. The van der Waals surface area contributed by atoms with Gasteiger partial charge in [-0.1, -0.05) is 86.6 Å². The fourth-order valence-electron chi connectivity index (χ4n) is 9.50. The van der Waals surface area contributed by atoms with E-state index in [2.05, 4.69) is 64.1 Å². The van der Waals surface area contributed by atoms with Crippen LogP contribution in [-0.2, 0) is 25.7 Å². The normalized spacial score (nSPS) is 18.9. The maximum Gasteiger partial charge on any atom is 0.411 e. The van der Waals surface area contributed by atoms with Crippen LogP contribution < -0.4 is 25.1 Å². The van der Waals surface area contributed by atoms with Crippen molar-refractivity contribution in [3.63, 3.8) is 0 Å². The number of amides is 5. The average molecular weight is 892 g/mol. The summed E-state index contributed by atoms with van der Waals surface area (Å²) in [6.07, 6.45) is 4.54. The van der Waals surface area contributed by atoms with E-state index in [9.17, 15) is 29.1 Å². The molecule has 0 radical (unpaired) electrons. The first kappa shape index (κ1) is 48.9. The number of nitrogens with one attached hydrogen (secondary N) is 3. The Hall–Kier alpha value is -5.09. The molecule has 1 aliphatic carbocycles. The molecule has 2 aromatic carbocycles. The molecule has 16 heteroatoms. The summed E-state index contributed by atoms with van der Waals surface area (Å²) in [5, 5.41) is 18.9. The highest BCUT2D eigenvalue weighted by Crippen LogP contribution is 2.55. The van der Waals surface area contributed by atoms with Crippen molar-refractivity contribution in [2.75, 3.05) is 44.0 Å². The number of hydrogen-bond donors (Lipinski definition) is 4. The predicted molar refractivity (Wildman–Crippen MR) is 244 cm³/mol. The fourth-order valence-corrected chi connectivity index (χ4v) is 14.8. The molecule has 15 nitrogen and oxygen atoms in total. The zero-order chi connectivity index (χ0) is 46.2. The van der Waals surface area contributed by atoms with E-state index in [1.165, 1.54) is 18.1 Å². The van der Waals surface area contributed by atoms with E-state index in [0.29, 0.717) is 55.1 Å². The van der Waals surface area contributed by atoms with Crippen molar-refractivity contribution in [3.05, 3.63) is 60.2 Å². The molecule has 1 unspecified atom stereocenters. The molecule has 2 heterocycles. The van der Waals surface area contributed by atoms with Crippen molar-refractivity contribution >= 4 is 49.6 Å². The minimum Gasteiger partial charge on any atom is -0.540 e. The molecule has 2 aliphatic heterocycles. The van der Waals surface area contributed by atoms with E-state index in [4.69, 9.17) is 18.6 Å². The van der Waals surface area contributed by atoms with Gasteiger partial charge in [-0.15, -0.1) is 0 Å². The lowest BCUT2D eigenvalue weighted by atomic mass is 9.97. The number of methoxy groups -OCH3 is 1. The summed E-state index contributed by atoms with van der Waals surface area (Å²) in [7, 11) is -0.974. The minimum atomic E-state index is -2.51.